The third-order valence-corrected chi connectivity index (χ3v) is 5.01. The van der Waals surface area contributed by atoms with Gasteiger partial charge in [0.15, 0.2) is 0 Å². The van der Waals surface area contributed by atoms with E-state index in [1.807, 2.05) is 48.5 Å². The number of para-hydroxylation sites is 1. The third-order valence-electron chi connectivity index (χ3n) is 5.01. The summed E-state index contributed by atoms with van der Waals surface area (Å²) in [7, 11) is 0. The lowest BCUT2D eigenvalue weighted by atomic mass is 9.94. The summed E-state index contributed by atoms with van der Waals surface area (Å²) in [5, 5.41) is 12.1. The monoisotopic (exact) mass is 440 g/mol. The third kappa shape index (κ3) is 6.00. The van der Waals surface area contributed by atoms with E-state index in [0.29, 0.717) is 5.69 Å². The van der Waals surface area contributed by atoms with Crippen molar-refractivity contribution in [2.45, 2.75) is 51.4 Å². The van der Waals surface area contributed by atoms with Crippen LogP contribution in [0.5, 0.6) is 0 Å². The zero-order valence-corrected chi connectivity index (χ0v) is 18.4. The van der Waals surface area contributed by atoms with Crippen molar-refractivity contribution in [1.82, 2.24) is 5.32 Å². The lowest BCUT2D eigenvalue weighted by Gasteiger charge is -2.25. The number of amides is 2. The van der Waals surface area contributed by atoms with Gasteiger partial charge in [-0.25, -0.2) is 14.4 Å². The van der Waals surface area contributed by atoms with Crippen LogP contribution in [-0.2, 0) is 20.9 Å². The first-order valence-corrected chi connectivity index (χ1v) is 10.4. The highest BCUT2D eigenvalue weighted by Gasteiger charge is 2.37. The molecule has 32 heavy (non-hydrogen) atoms. The average Bonchev–Trinajstić information content (AvgIpc) is 3.10. The number of carbonyl (C=O) groups excluding carboxylic acids is 2. The number of nitrogens with zero attached hydrogens (tertiary/aromatic N) is 1. The fraction of sp³-hybridized carbons (Fsp3) is 0.375. The molecule has 0 spiro atoms. The Morgan fingerprint density at radius 1 is 1.09 bits per heavy atom. The molecule has 0 radical (unpaired) electrons. The molecular formula is C24H28N2O6. The molecule has 3 rings (SSSR count). The topological polar surface area (TPSA) is 105 Å². The van der Waals surface area contributed by atoms with Crippen molar-refractivity contribution in [3.63, 3.8) is 0 Å². The molecule has 0 fully saturated rings. The second-order valence-electron chi connectivity index (χ2n) is 8.68. The summed E-state index contributed by atoms with van der Waals surface area (Å²) in [5.74, 6) is -1.45. The molecule has 0 bridgehead atoms. The van der Waals surface area contributed by atoms with Gasteiger partial charge in [0.05, 0.1) is 5.69 Å². The van der Waals surface area contributed by atoms with E-state index in [0.717, 1.165) is 11.1 Å². The van der Waals surface area contributed by atoms with Crippen LogP contribution < -0.4 is 10.2 Å². The molecule has 2 atom stereocenters. The number of benzene rings is 2. The lowest BCUT2D eigenvalue weighted by molar-refractivity contribution is -0.139. The smallest absolute Gasteiger partial charge is 0.414 e. The van der Waals surface area contributed by atoms with Gasteiger partial charge in [0, 0.05) is 12.5 Å². The number of aliphatic carboxylic acids is 1. The number of carbonyl (C=O) groups is 3. The van der Waals surface area contributed by atoms with Gasteiger partial charge in [0.2, 0.25) is 0 Å². The average molecular weight is 440 g/mol. The van der Waals surface area contributed by atoms with Gasteiger partial charge in [-0.3, -0.25) is 4.90 Å². The highest BCUT2D eigenvalue weighted by atomic mass is 16.6. The molecule has 2 aromatic rings. The molecule has 170 valence electrons. The van der Waals surface area contributed by atoms with E-state index in [-0.39, 0.29) is 25.5 Å². The molecule has 0 saturated carbocycles. The van der Waals surface area contributed by atoms with E-state index in [2.05, 4.69) is 5.32 Å². The van der Waals surface area contributed by atoms with Gasteiger partial charge >= 0.3 is 18.2 Å². The molecule has 2 amide bonds. The van der Waals surface area contributed by atoms with Gasteiger partial charge in [-0.2, -0.15) is 0 Å². The largest absolute Gasteiger partial charge is 0.480 e. The van der Waals surface area contributed by atoms with Gasteiger partial charge < -0.3 is 19.9 Å². The minimum atomic E-state index is -1.17. The Labute approximate surface area is 187 Å². The summed E-state index contributed by atoms with van der Waals surface area (Å²) < 4.78 is 10.7. The van der Waals surface area contributed by atoms with Crippen LogP contribution in [0.15, 0.2) is 54.6 Å². The minimum Gasteiger partial charge on any atom is -0.480 e. The Morgan fingerprint density at radius 3 is 2.41 bits per heavy atom. The number of anilines is 1. The first-order valence-electron chi connectivity index (χ1n) is 10.4. The summed E-state index contributed by atoms with van der Waals surface area (Å²) >= 11 is 0. The Morgan fingerprint density at radius 2 is 1.75 bits per heavy atom. The molecule has 0 aromatic heterocycles. The van der Waals surface area contributed by atoms with Gasteiger partial charge in [-0.15, -0.1) is 0 Å². The van der Waals surface area contributed by atoms with Crippen LogP contribution in [-0.4, -0.2) is 41.4 Å². The Hall–Kier alpha value is -3.55. The van der Waals surface area contributed by atoms with Crippen LogP contribution in [0.2, 0.25) is 0 Å². The molecule has 1 heterocycles. The number of rotatable bonds is 6. The van der Waals surface area contributed by atoms with Gasteiger partial charge in [-0.1, -0.05) is 48.5 Å². The number of carboxylic acids is 1. The van der Waals surface area contributed by atoms with Gasteiger partial charge in [-0.05, 0) is 44.4 Å². The number of hydrogen-bond donors (Lipinski definition) is 2. The number of ether oxygens (including phenoxy) is 2. The number of alkyl carbamates (subject to hydrolysis) is 1. The first kappa shape index (κ1) is 23.1. The number of carboxylic acid groups (broad SMARTS) is 1. The van der Waals surface area contributed by atoms with E-state index in [1.54, 1.807) is 26.8 Å². The molecule has 8 nitrogen and oxygen atoms in total. The Kier molecular flexibility index (Phi) is 7.02. The summed E-state index contributed by atoms with van der Waals surface area (Å²) in [6, 6.07) is 15.3. The summed E-state index contributed by atoms with van der Waals surface area (Å²) in [6.07, 6.45) is -1.20. The SMILES string of the molecule is CC(C)(C)OC(=O)N1CC(C[C@H](NC(=O)OCc2ccccc2)C(=O)O)c2ccccc21. The molecule has 2 aromatic carbocycles. The molecule has 1 aliphatic rings. The van der Waals surface area contributed by atoms with E-state index in [4.69, 9.17) is 9.47 Å². The quantitative estimate of drug-likeness (QED) is 0.694. The van der Waals surface area contributed by atoms with E-state index in [1.165, 1.54) is 4.90 Å². The van der Waals surface area contributed by atoms with E-state index < -0.39 is 29.8 Å². The van der Waals surface area contributed by atoms with Crippen LogP contribution in [0.25, 0.3) is 0 Å². The van der Waals surface area contributed by atoms with Crippen LogP contribution in [0.4, 0.5) is 15.3 Å². The van der Waals surface area contributed by atoms with Gasteiger partial charge in [0.1, 0.15) is 18.2 Å². The predicted octanol–water partition coefficient (Wildman–Crippen LogP) is 4.30. The van der Waals surface area contributed by atoms with E-state index >= 15 is 0 Å². The first-order chi connectivity index (χ1) is 15.1. The van der Waals surface area contributed by atoms with Crippen molar-refractivity contribution in [2.24, 2.45) is 0 Å². The van der Waals surface area contributed by atoms with Crippen molar-refractivity contribution >= 4 is 23.8 Å². The predicted molar refractivity (Wildman–Crippen MR) is 119 cm³/mol. The van der Waals surface area contributed by atoms with Crippen LogP contribution in [0.1, 0.15) is 44.2 Å². The molecule has 0 saturated heterocycles. The number of hydrogen-bond acceptors (Lipinski definition) is 5. The maximum Gasteiger partial charge on any atom is 0.414 e. The number of fused-ring (bicyclic) bond motifs is 1. The fourth-order valence-electron chi connectivity index (χ4n) is 3.60. The number of nitrogens with one attached hydrogen (secondary N) is 1. The zero-order chi connectivity index (χ0) is 23.3. The molecular weight excluding hydrogens is 412 g/mol. The Bertz CT molecular complexity index is 970. The summed E-state index contributed by atoms with van der Waals surface area (Å²) in [6.45, 7) is 5.66. The highest BCUT2D eigenvalue weighted by molar-refractivity contribution is 5.91. The minimum absolute atomic E-state index is 0.0394. The normalized spacial score (nSPS) is 16.1. The van der Waals surface area contributed by atoms with Crippen molar-refractivity contribution < 1.29 is 29.0 Å². The molecule has 1 aliphatic heterocycles. The maximum atomic E-state index is 12.7. The maximum absolute atomic E-state index is 12.7. The van der Waals surface area contributed by atoms with Gasteiger partial charge in [0.25, 0.3) is 0 Å². The van der Waals surface area contributed by atoms with E-state index in [9.17, 15) is 19.5 Å². The van der Waals surface area contributed by atoms with Crippen LogP contribution in [0, 0.1) is 0 Å². The molecule has 0 aliphatic carbocycles. The zero-order valence-electron chi connectivity index (χ0n) is 18.4. The van der Waals surface area contributed by atoms with Crippen molar-refractivity contribution in [1.29, 1.82) is 0 Å². The summed E-state index contributed by atoms with van der Waals surface area (Å²) in [5.41, 5.74) is 1.66. The summed E-state index contributed by atoms with van der Waals surface area (Å²) in [4.78, 5) is 38.2. The Balaban J connectivity index is 1.67. The van der Waals surface area contributed by atoms with Crippen molar-refractivity contribution in [2.75, 3.05) is 11.4 Å². The standard InChI is InChI=1S/C24H28N2O6/c1-24(2,3)32-23(30)26-14-17(18-11-7-8-12-20(18)26)13-19(21(27)28)25-22(29)31-15-16-9-5-4-6-10-16/h4-12,17,19H,13-15H2,1-3H3,(H,25,29)(H,27,28)/t17?,19-/m0/s1. The molecule has 2 N–H and O–H groups in total. The second kappa shape index (κ2) is 9.72. The molecule has 1 unspecified atom stereocenters. The van der Waals surface area contributed by atoms with Crippen LogP contribution >= 0.6 is 0 Å². The van der Waals surface area contributed by atoms with Crippen molar-refractivity contribution in [3.05, 3.63) is 65.7 Å². The highest BCUT2D eigenvalue weighted by Crippen LogP contribution is 2.39. The van der Waals surface area contributed by atoms with Crippen LogP contribution in [0.3, 0.4) is 0 Å². The lowest BCUT2D eigenvalue weighted by Crippen LogP contribution is -2.42. The molecule has 8 heteroatoms. The van der Waals surface area contributed by atoms with Crippen molar-refractivity contribution in [3.8, 4) is 0 Å². The second-order valence-corrected chi connectivity index (χ2v) is 8.68. The fourth-order valence-corrected chi connectivity index (χ4v) is 3.60.